The summed E-state index contributed by atoms with van der Waals surface area (Å²) in [6, 6.07) is 14.6. The predicted octanol–water partition coefficient (Wildman–Crippen LogP) is 1.87. The summed E-state index contributed by atoms with van der Waals surface area (Å²) in [6.07, 6.45) is -0.116. The lowest BCUT2D eigenvalue weighted by molar-refractivity contribution is -0.133. The van der Waals surface area contributed by atoms with Gasteiger partial charge >= 0.3 is 0 Å². The summed E-state index contributed by atoms with van der Waals surface area (Å²) >= 11 is 6.06. The number of halogens is 1. The molecule has 0 bridgehead atoms. The molecule has 1 saturated heterocycles. The van der Waals surface area contributed by atoms with Crippen molar-refractivity contribution in [2.45, 2.75) is 12.8 Å². The van der Waals surface area contributed by atoms with Gasteiger partial charge in [-0.15, -0.1) is 0 Å². The van der Waals surface area contributed by atoms with Crippen molar-refractivity contribution in [3.8, 4) is 0 Å². The van der Waals surface area contributed by atoms with Gasteiger partial charge in [0.2, 0.25) is 23.6 Å². The third-order valence-corrected chi connectivity index (χ3v) is 6.12. The lowest BCUT2D eigenvalue weighted by atomic mass is 10.1. The van der Waals surface area contributed by atoms with Crippen molar-refractivity contribution in [3.63, 3.8) is 0 Å². The highest BCUT2D eigenvalue weighted by atomic mass is 35.5. The van der Waals surface area contributed by atoms with Gasteiger partial charge in [-0.3, -0.25) is 19.2 Å². The third-order valence-electron chi connectivity index (χ3n) is 5.88. The van der Waals surface area contributed by atoms with E-state index in [1.165, 1.54) is 4.90 Å². The minimum absolute atomic E-state index is 0.0556. The molecule has 4 amide bonds. The summed E-state index contributed by atoms with van der Waals surface area (Å²) in [5.74, 6) is -1.14. The van der Waals surface area contributed by atoms with Crippen LogP contribution < -0.4 is 20.4 Å². The number of rotatable bonds is 6. The Morgan fingerprint density at radius 3 is 2.47 bits per heavy atom. The number of nitrogens with one attached hydrogen (secondary N) is 2. The minimum atomic E-state index is -0.381. The molecule has 2 aromatic rings. The van der Waals surface area contributed by atoms with E-state index in [0.29, 0.717) is 42.6 Å². The van der Waals surface area contributed by atoms with Gasteiger partial charge in [0.1, 0.15) is 6.54 Å². The van der Waals surface area contributed by atoms with Gasteiger partial charge in [-0.2, -0.15) is 0 Å². The Balaban J connectivity index is 1.20. The van der Waals surface area contributed by atoms with E-state index in [1.807, 2.05) is 24.3 Å². The number of anilines is 3. The van der Waals surface area contributed by atoms with Crippen LogP contribution in [0.25, 0.3) is 0 Å². The summed E-state index contributed by atoms with van der Waals surface area (Å²) in [4.78, 5) is 54.5. The van der Waals surface area contributed by atoms with Crippen molar-refractivity contribution >= 4 is 52.3 Å². The highest BCUT2D eigenvalue weighted by molar-refractivity contribution is 6.30. The van der Waals surface area contributed by atoms with Crippen molar-refractivity contribution in [2.24, 2.45) is 0 Å². The normalized spacial score (nSPS) is 15.4. The average Bonchev–Trinajstić information content (AvgIpc) is 2.85. The molecule has 4 rings (SSSR count). The second-order valence-corrected chi connectivity index (χ2v) is 8.61. The number of amides is 4. The molecule has 2 aromatic carbocycles. The maximum absolute atomic E-state index is 12.6. The molecule has 34 heavy (non-hydrogen) atoms. The molecule has 0 aliphatic carbocycles. The number of nitrogens with zero attached hydrogens (tertiary/aromatic N) is 3. The quantitative estimate of drug-likeness (QED) is 0.653. The van der Waals surface area contributed by atoms with Crippen LogP contribution in [-0.2, 0) is 19.2 Å². The van der Waals surface area contributed by atoms with Crippen LogP contribution in [0.3, 0.4) is 0 Å². The van der Waals surface area contributed by atoms with Crippen molar-refractivity contribution < 1.29 is 19.2 Å². The molecule has 0 spiro atoms. The number of hydrogen-bond acceptors (Lipinski definition) is 5. The van der Waals surface area contributed by atoms with Crippen LogP contribution in [0.15, 0.2) is 48.5 Å². The van der Waals surface area contributed by atoms with Crippen LogP contribution in [0.4, 0.5) is 17.1 Å². The Hall–Kier alpha value is -3.59. The molecule has 0 radical (unpaired) electrons. The van der Waals surface area contributed by atoms with Crippen molar-refractivity contribution in [1.82, 2.24) is 10.2 Å². The van der Waals surface area contributed by atoms with E-state index in [-0.39, 0.29) is 49.6 Å². The molecule has 0 aromatic heterocycles. The third kappa shape index (κ3) is 5.66. The number of carbonyl (C=O) groups excluding carboxylic acids is 4. The molecular formula is C24H26ClN5O4. The second kappa shape index (κ2) is 10.6. The van der Waals surface area contributed by atoms with Gasteiger partial charge in [0, 0.05) is 49.7 Å². The Kier molecular flexibility index (Phi) is 7.32. The van der Waals surface area contributed by atoms with Gasteiger partial charge in [-0.05, 0) is 30.3 Å². The molecule has 9 nitrogen and oxygen atoms in total. The maximum Gasteiger partial charge on any atom is 0.244 e. The summed E-state index contributed by atoms with van der Waals surface area (Å²) in [5.41, 5.74) is 2.20. The fourth-order valence-corrected chi connectivity index (χ4v) is 4.26. The molecular weight excluding hydrogens is 458 g/mol. The van der Waals surface area contributed by atoms with Crippen LogP contribution in [0.1, 0.15) is 12.8 Å². The second-order valence-electron chi connectivity index (χ2n) is 8.17. The fraction of sp³-hybridized carbons (Fsp3) is 0.333. The lowest BCUT2D eigenvalue weighted by Gasteiger charge is -2.36. The van der Waals surface area contributed by atoms with Crippen molar-refractivity contribution in [1.29, 1.82) is 0 Å². The van der Waals surface area contributed by atoms with E-state index in [0.717, 1.165) is 5.69 Å². The number of hydrogen-bond donors (Lipinski definition) is 2. The molecule has 178 valence electrons. The molecule has 1 fully saturated rings. The van der Waals surface area contributed by atoms with E-state index in [4.69, 9.17) is 11.6 Å². The molecule has 2 aliphatic heterocycles. The monoisotopic (exact) mass is 483 g/mol. The van der Waals surface area contributed by atoms with Crippen molar-refractivity contribution in [3.05, 3.63) is 53.6 Å². The van der Waals surface area contributed by atoms with Gasteiger partial charge in [0.05, 0.1) is 17.9 Å². The minimum Gasteiger partial charge on any atom is -0.368 e. The van der Waals surface area contributed by atoms with Gasteiger partial charge in [-0.1, -0.05) is 29.8 Å². The van der Waals surface area contributed by atoms with Crippen LogP contribution in [-0.4, -0.2) is 67.8 Å². The Morgan fingerprint density at radius 1 is 0.941 bits per heavy atom. The molecule has 0 saturated carbocycles. The summed E-state index contributed by atoms with van der Waals surface area (Å²) in [6.45, 7) is 2.27. The zero-order chi connectivity index (χ0) is 24.1. The Morgan fingerprint density at radius 2 is 1.71 bits per heavy atom. The van der Waals surface area contributed by atoms with Crippen LogP contribution in [0, 0.1) is 0 Å². The first kappa shape index (κ1) is 23.6. The molecule has 2 aliphatic rings. The number of carbonyl (C=O) groups is 4. The van der Waals surface area contributed by atoms with E-state index in [2.05, 4.69) is 15.5 Å². The summed E-state index contributed by atoms with van der Waals surface area (Å²) < 4.78 is 0. The zero-order valence-electron chi connectivity index (χ0n) is 18.6. The molecule has 0 atom stereocenters. The molecule has 0 unspecified atom stereocenters. The average molecular weight is 484 g/mol. The number of piperazine rings is 1. The van der Waals surface area contributed by atoms with Gasteiger partial charge < -0.3 is 25.3 Å². The Bertz CT molecular complexity index is 1100. The fourth-order valence-electron chi connectivity index (χ4n) is 4.07. The van der Waals surface area contributed by atoms with Crippen LogP contribution >= 0.6 is 11.6 Å². The largest absolute Gasteiger partial charge is 0.368 e. The van der Waals surface area contributed by atoms with Crippen molar-refractivity contribution in [2.75, 3.05) is 54.4 Å². The van der Waals surface area contributed by atoms with E-state index in [9.17, 15) is 19.2 Å². The van der Waals surface area contributed by atoms with E-state index in [1.54, 1.807) is 29.2 Å². The smallest absolute Gasteiger partial charge is 0.244 e. The van der Waals surface area contributed by atoms with Crippen LogP contribution in [0.2, 0.25) is 5.02 Å². The molecule has 2 heterocycles. The van der Waals surface area contributed by atoms with Gasteiger partial charge in [0.15, 0.2) is 0 Å². The van der Waals surface area contributed by atoms with Crippen LogP contribution in [0.5, 0.6) is 0 Å². The zero-order valence-corrected chi connectivity index (χ0v) is 19.4. The lowest BCUT2D eigenvalue weighted by Crippen LogP contribution is -2.51. The summed E-state index contributed by atoms with van der Waals surface area (Å²) in [7, 11) is 0. The topological polar surface area (TPSA) is 102 Å². The number of para-hydroxylation sites is 2. The summed E-state index contributed by atoms with van der Waals surface area (Å²) in [5, 5.41) is 6.00. The number of fused-ring (bicyclic) bond motifs is 1. The highest BCUT2D eigenvalue weighted by Crippen LogP contribution is 2.29. The van der Waals surface area contributed by atoms with Gasteiger partial charge in [0.25, 0.3) is 0 Å². The first-order valence-corrected chi connectivity index (χ1v) is 11.5. The predicted molar refractivity (Wildman–Crippen MR) is 130 cm³/mol. The Labute approximate surface area is 202 Å². The standard InChI is InChI=1S/C24H26ClN5O4/c25-17-4-3-5-18(14-17)28-10-12-29(13-11-28)24(34)15-26-21(31)8-9-23(33)30-16-22(32)27-19-6-1-2-7-20(19)30/h1-7,14H,8-13,15-16H2,(H,26,31)(H,27,32). The number of benzene rings is 2. The molecule has 10 heteroatoms. The first-order valence-electron chi connectivity index (χ1n) is 11.1. The maximum atomic E-state index is 12.6. The van der Waals surface area contributed by atoms with Gasteiger partial charge in [-0.25, -0.2) is 0 Å². The first-order chi connectivity index (χ1) is 16.4. The SMILES string of the molecule is O=C(CCC(=O)N1CC(=O)Nc2ccccc21)NCC(=O)N1CCN(c2cccc(Cl)c2)CC1. The molecule has 2 N–H and O–H groups in total. The van der Waals surface area contributed by atoms with E-state index < -0.39 is 0 Å². The highest BCUT2D eigenvalue weighted by Gasteiger charge is 2.27. The van der Waals surface area contributed by atoms with E-state index >= 15 is 0 Å².